The molecule has 3 nitrogen and oxygen atoms in total. The number of allylic oxidation sites excluding steroid dienone is 6. The van der Waals surface area contributed by atoms with Crippen LogP contribution in [-0.2, 0) is 10.1 Å². The van der Waals surface area contributed by atoms with Gasteiger partial charge in [0, 0.05) is 5.41 Å². The van der Waals surface area contributed by atoms with Crippen LogP contribution in [0.5, 0.6) is 0 Å². The second kappa shape index (κ2) is 6.72. The van der Waals surface area contributed by atoms with E-state index in [1.54, 1.807) is 0 Å². The van der Waals surface area contributed by atoms with Crippen LogP contribution in [-0.4, -0.2) is 18.7 Å². The van der Waals surface area contributed by atoms with E-state index in [1.807, 2.05) is 27.7 Å². The molecule has 0 aliphatic heterocycles. The number of rotatable bonds is 2. The Morgan fingerprint density at radius 3 is 2.45 bits per heavy atom. The Hall–Kier alpha value is -0.870. The minimum absolute atomic E-state index is 0.0563. The second-order valence-electron chi connectivity index (χ2n) is 6.09. The molecule has 0 radical (unpaired) electrons. The van der Waals surface area contributed by atoms with E-state index in [-0.39, 0.29) is 11.7 Å². The highest BCUT2D eigenvalue weighted by Crippen LogP contribution is 2.41. The first kappa shape index (κ1) is 17.2. The highest BCUT2D eigenvalue weighted by molar-refractivity contribution is 7.85. The normalized spacial score (nSPS) is 28.4. The molecule has 1 rings (SSSR count). The average molecular weight is 298 g/mol. The maximum atomic E-state index is 11.5. The van der Waals surface area contributed by atoms with E-state index in [0.717, 1.165) is 30.4 Å². The van der Waals surface area contributed by atoms with Crippen LogP contribution in [0.3, 0.4) is 0 Å². The number of hydrogen-bond acceptors (Lipinski definition) is 2. The first-order valence-electron chi connectivity index (χ1n) is 7.10. The van der Waals surface area contributed by atoms with E-state index >= 15 is 0 Å². The Morgan fingerprint density at radius 1 is 1.30 bits per heavy atom. The molecule has 2 atom stereocenters. The highest BCUT2D eigenvalue weighted by atomic mass is 32.2. The zero-order valence-electron chi connectivity index (χ0n) is 12.9. The summed E-state index contributed by atoms with van der Waals surface area (Å²) in [5.74, 6) is -0.180. The summed E-state index contributed by atoms with van der Waals surface area (Å²) in [5.41, 5.74) is 1.65. The molecule has 0 aromatic rings. The third-order valence-corrected chi connectivity index (χ3v) is 5.16. The molecule has 0 saturated carbocycles. The van der Waals surface area contributed by atoms with Gasteiger partial charge >= 0.3 is 0 Å². The van der Waals surface area contributed by atoms with Gasteiger partial charge in [-0.15, -0.1) is 0 Å². The molecule has 0 aromatic carbocycles. The van der Waals surface area contributed by atoms with E-state index in [4.69, 9.17) is 0 Å². The minimum atomic E-state index is -4.02. The predicted molar refractivity (Wildman–Crippen MR) is 84.2 cm³/mol. The van der Waals surface area contributed by atoms with E-state index in [1.165, 1.54) is 0 Å². The lowest BCUT2D eigenvalue weighted by molar-refractivity contribution is 0.324. The Labute approximate surface area is 123 Å². The molecular formula is C16H26O3S. The van der Waals surface area contributed by atoms with Crippen LogP contribution in [0.25, 0.3) is 0 Å². The van der Waals surface area contributed by atoms with E-state index < -0.39 is 15.5 Å². The van der Waals surface area contributed by atoms with Crippen molar-refractivity contribution >= 4 is 10.1 Å². The van der Waals surface area contributed by atoms with Gasteiger partial charge in [0.05, 0.1) is 5.75 Å². The summed E-state index contributed by atoms with van der Waals surface area (Å²) < 4.78 is 32.3. The van der Waals surface area contributed by atoms with Gasteiger partial charge in [-0.25, -0.2) is 0 Å². The monoisotopic (exact) mass is 298 g/mol. The Bertz CT molecular complexity index is 522. The van der Waals surface area contributed by atoms with E-state index in [9.17, 15) is 13.0 Å². The van der Waals surface area contributed by atoms with Crippen molar-refractivity contribution in [1.29, 1.82) is 0 Å². The fraction of sp³-hybridized carbons (Fsp3) is 0.625. The average Bonchev–Trinajstić information content (AvgIpc) is 2.28. The molecular weight excluding hydrogens is 272 g/mol. The minimum Gasteiger partial charge on any atom is -0.286 e. The van der Waals surface area contributed by atoms with Gasteiger partial charge in [0.1, 0.15) is 0 Å². The van der Waals surface area contributed by atoms with Crippen LogP contribution in [0.1, 0.15) is 47.0 Å². The fourth-order valence-electron chi connectivity index (χ4n) is 2.90. The molecule has 114 valence electrons. The third-order valence-electron chi connectivity index (χ3n) is 4.19. The molecule has 0 spiro atoms. The molecule has 0 heterocycles. The van der Waals surface area contributed by atoms with Gasteiger partial charge in [0.15, 0.2) is 0 Å². The van der Waals surface area contributed by atoms with Crippen molar-refractivity contribution in [3.63, 3.8) is 0 Å². The Balaban J connectivity index is 3.34. The van der Waals surface area contributed by atoms with Gasteiger partial charge in [0.2, 0.25) is 0 Å². The van der Waals surface area contributed by atoms with Gasteiger partial charge < -0.3 is 0 Å². The van der Waals surface area contributed by atoms with Crippen LogP contribution in [0, 0.1) is 11.3 Å². The molecule has 1 N–H and O–H groups in total. The maximum absolute atomic E-state index is 11.5. The molecule has 0 amide bonds. The summed E-state index contributed by atoms with van der Waals surface area (Å²) in [6.45, 7) is 7.98. The summed E-state index contributed by atoms with van der Waals surface area (Å²) in [7, 11) is -4.02. The molecule has 20 heavy (non-hydrogen) atoms. The quantitative estimate of drug-likeness (QED) is 0.615. The van der Waals surface area contributed by atoms with E-state index in [0.29, 0.717) is 0 Å². The maximum Gasteiger partial charge on any atom is 0.265 e. The fourth-order valence-corrected chi connectivity index (χ4v) is 4.10. The largest absolute Gasteiger partial charge is 0.286 e. The van der Waals surface area contributed by atoms with Crippen molar-refractivity contribution in [2.45, 2.75) is 47.0 Å². The zero-order valence-corrected chi connectivity index (χ0v) is 13.7. The van der Waals surface area contributed by atoms with Crippen molar-refractivity contribution in [2.24, 2.45) is 11.3 Å². The van der Waals surface area contributed by atoms with Crippen molar-refractivity contribution in [3.8, 4) is 0 Å². The van der Waals surface area contributed by atoms with Gasteiger partial charge in [-0.3, -0.25) is 4.55 Å². The van der Waals surface area contributed by atoms with Crippen LogP contribution < -0.4 is 0 Å². The standard InChI is InChI=1S/C16H26O3S/c1-13(2)15-11-9-7-5-6-8-10-14(3)16(15,4)12-20(17,18)19/h7-10,14H,5-6,11-12H2,1-4H3,(H,17,18,19). The van der Waals surface area contributed by atoms with Crippen molar-refractivity contribution in [3.05, 3.63) is 35.5 Å². The van der Waals surface area contributed by atoms with Gasteiger partial charge in [-0.1, -0.05) is 49.3 Å². The third kappa shape index (κ3) is 4.60. The summed E-state index contributed by atoms with van der Waals surface area (Å²) in [6, 6.07) is 0. The lowest BCUT2D eigenvalue weighted by atomic mass is 9.70. The smallest absolute Gasteiger partial charge is 0.265 e. The lowest BCUT2D eigenvalue weighted by Gasteiger charge is -2.37. The zero-order chi connectivity index (χ0) is 15.4. The topological polar surface area (TPSA) is 54.4 Å². The molecule has 0 aromatic heterocycles. The molecule has 2 unspecified atom stereocenters. The summed E-state index contributed by atoms with van der Waals surface area (Å²) in [5, 5.41) is 0. The predicted octanol–water partition coefficient (Wildman–Crippen LogP) is 4.15. The first-order chi connectivity index (χ1) is 9.17. The lowest BCUT2D eigenvalue weighted by Crippen LogP contribution is -2.35. The van der Waals surface area contributed by atoms with Crippen molar-refractivity contribution in [2.75, 3.05) is 5.75 Å². The van der Waals surface area contributed by atoms with Crippen molar-refractivity contribution in [1.82, 2.24) is 0 Å². The molecule has 1 aliphatic carbocycles. The summed E-state index contributed by atoms with van der Waals surface area (Å²) in [6.07, 6.45) is 11.1. The van der Waals surface area contributed by atoms with Crippen LogP contribution in [0.15, 0.2) is 35.5 Å². The molecule has 1 aliphatic rings. The SMILES string of the molecule is CC(C)=C1CC=CCCC=CC(C)C1(C)CS(=O)(=O)O. The number of hydrogen-bond donors (Lipinski definition) is 1. The Kier molecular flexibility index (Phi) is 5.78. The van der Waals surface area contributed by atoms with Gasteiger partial charge in [0.25, 0.3) is 10.1 Å². The molecule has 0 bridgehead atoms. The molecule has 4 heteroatoms. The van der Waals surface area contributed by atoms with Gasteiger partial charge in [-0.05, 0) is 39.0 Å². The van der Waals surface area contributed by atoms with Gasteiger partial charge in [-0.2, -0.15) is 8.42 Å². The van der Waals surface area contributed by atoms with E-state index in [2.05, 4.69) is 24.3 Å². The highest BCUT2D eigenvalue weighted by Gasteiger charge is 2.38. The summed E-state index contributed by atoms with van der Waals surface area (Å²) >= 11 is 0. The van der Waals surface area contributed by atoms with Crippen LogP contribution in [0.2, 0.25) is 0 Å². The second-order valence-corrected chi connectivity index (χ2v) is 7.54. The summed E-state index contributed by atoms with van der Waals surface area (Å²) in [4.78, 5) is 0. The first-order valence-corrected chi connectivity index (χ1v) is 8.71. The molecule has 0 saturated heterocycles. The van der Waals surface area contributed by atoms with Crippen LogP contribution >= 0.6 is 0 Å². The molecule has 0 fully saturated rings. The van der Waals surface area contributed by atoms with Crippen LogP contribution in [0.4, 0.5) is 0 Å². The van der Waals surface area contributed by atoms with Crippen molar-refractivity contribution < 1.29 is 13.0 Å². The Morgan fingerprint density at radius 2 is 1.90 bits per heavy atom.